The second kappa shape index (κ2) is 4.78. The van der Waals surface area contributed by atoms with Crippen molar-refractivity contribution in [2.45, 2.75) is 20.3 Å². The summed E-state index contributed by atoms with van der Waals surface area (Å²) >= 11 is 0. The van der Waals surface area contributed by atoms with Crippen LogP contribution in [0.15, 0.2) is 24.3 Å². The van der Waals surface area contributed by atoms with Gasteiger partial charge in [0.15, 0.2) is 0 Å². The number of piperidine rings is 1. The fraction of sp³-hybridized carbons (Fsp3) is 0.500. The highest BCUT2D eigenvalue weighted by Crippen LogP contribution is 2.26. The van der Waals surface area contributed by atoms with E-state index < -0.39 is 5.97 Å². The third-order valence-corrected chi connectivity index (χ3v) is 3.35. The van der Waals surface area contributed by atoms with Crippen LogP contribution in [-0.4, -0.2) is 24.2 Å². The molecular weight excluding hydrogens is 214 g/mol. The Hall–Kier alpha value is -1.51. The van der Waals surface area contributed by atoms with Gasteiger partial charge in [0, 0.05) is 18.8 Å². The van der Waals surface area contributed by atoms with Crippen molar-refractivity contribution in [3.8, 4) is 0 Å². The van der Waals surface area contributed by atoms with Crippen LogP contribution in [0.5, 0.6) is 0 Å². The van der Waals surface area contributed by atoms with Gasteiger partial charge in [-0.05, 0) is 42.5 Å². The van der Waals surface area contributed by atoms with Gasteiger partial charge >= 0.3 is 5.97 Å². The number of rotatable bonds is 2. The molecular formula is C14H19NO2. The molecule has 0 saturated carbocycles. The number of hydrogen-bond donors (Lipinski definition) is 1. The quantitative estimate of drug-likeness (QED) is 0.854. The van der Waals surface area contributed by atoms with Gasteiger partial charge in [0.1, 0.15) is 0 Å². The number of carboxylic acid groups (broad SMARTS) is 1. The largest absolute Gasteiger partial charge is 0.478 e. The molecule has 1 fully saturated rings. The van der Waals surface area contributed by atoms with Gasteiger partial charge in [0.25, 0.3) is 0 Å². The molecule has 0 radical (unpaired) electrons. The third kappa shape index (κ3) is 2.78. The Kier molecular flexibility index (Phi) is 3.36. The van der Waals surface area contributed by atoms with Crippen LogP contribution < -0.4 is 4.90 Å². The monoisotopic (exact) mass is 233 g/mol. The minimum absolute atomic E-state index is 0.354. The van der Waals surface area contributed by atoms with Gasteiger partial charge in [0.2, 0.25) is 0 Å². The zero-order chi connectivity index (χ0) is 12.4. The Bertz CT molecular complexity index is 389. The number of nitrogens with zero attached hydrogens (tertiary/aromatic N) is 1. The van der Waals surface area contributed by atoms with E-state index in [1.165, 1.54) is 6.42 Å². The fourth-order valence-electron chi connectivity index (χ4n) is 2.69. The smallest absolute Gasteiger partial charge is 0.335 e. The molecule has 1 saturated heterocycles. The molecule has 0 spiro atoms. The summed E-state index contributed by atoms with van der Waals surface area (Å²) in [6.45, 7) is 6.68. The van der Waals surface area contributed by atoms with E-state index in [1.54, 1.807) is 12.1 Å². The Balaban J connectivity index is 2.14. The second-order valence-electron chi connectivity index (χ2n) is 5.20. The van der Waals surface area contributed by atoms with Gasteiger partial charge in [0.05, 0.1) is 5.56 Å². The van der Waals surface area contributed by atoms with Crippen LogP contribution in [0.25, 0.3) is 0 Å². The van der Waals surface area contributed by atoms with E-state index in [0.717, 1.165) is 18.8 Å². The molecule has 0 unspecified atom stereocenters. The minimum atomic E-state index is -0.864. The maximum absolute atomic E-state index is 10.8. The minimum Gasteiger partial charge on any atom is -0.478 e. The molecule has 2 atom stereocenters. The number of aromatic carboxylic acids is 1. The average Bonchev–Trinajstić information content (AvgIpc) is 2.28. The highest BCUT2D eigenvalue weighted by Gasteiger charge is 2.21. The second-order valence-corrected chi connectivity index (χ2v) is 5.20. The molecule has 0 bridgehead atoms. The first-order valence-corrected chi connectivity index (χ1v) is 6.14. The molecule has 1 aliphatic heterocycles. The predicted molar refractivity (Wildman–Crippen MR) is 68.6 cm³/mol. The number of benzene rings is 1. The first-order chi connectivity index (χ1) is 8.06. The lowest BCUT2D eigenvalue weighted by molar-refractivity contribution is 0.0697. The molecule has 0 aliphatic carbocycles. The zero-order valence-electron chi connectivity index (χ0n) is 10.4. The molecule has 92 valence electrons. The molecule has 1 aliphatic rings. The first-order valence-electron chi connectivity index (χ1n) is 6.14. The van der Waals surface area contributed by atoms with Gasteiger partial charge < -0.3 is 10.0 Å². The highest BCUT2D eigenvalue weighted by atomic mass is 16.4. The van der Waals surface area contributed by atoms with Gasteiger partial charge in [-0.25, -0.2) is 4.79 Å². The van der Waals surface area contributed by atoms with Crippen LogP contribution in [0.2, 0.25) is 0 Å². The Morgan fingerprint density at radius 1 is 1.18 bits per heavy atom. The summed E-state index contributed by atoms with van der Waals surface area (Å²) < 4.78 is 0. The van der Waals surface area contributed by atoms with E-state index >= 15 is 0 Å². The van der Waals surface area contributed by atoms with Crippen LogP contribution >= 0.6 is 0 Å². The molecule has 0 aromatic heterocycles. The maximum atomic E-state index is 10.8. The van der Waals surface area contributed by atoms with Crippen molar-refractivity contribution in [1.82, 2.24) is 0 Å². The van der Waals surface area contributed by atoms with Crippen molar-refractivity contribution in [2.75, 3.05) is 18.0 Å². The number of carboxylic acids is 1. The van der Waals surface area contributed by atoms with E-state index in [9.17, 15) is 4.79 Å². The first kappa shape index (κ1) is 12.0. The van der Waals surface area contributed by atoms with Crippen molar-refractivity contribution in [3.05, 3.63) is 29.8 Å². The van der Waals surface area contributed by atoms with E-state index in [-0.39, 0.29) is 0 Å². The Morgan fingerprint density at radius 3 is 2.18 bits per heavy atom. The molecule has 3 heteroatoms. The van der Waals surface area contributed by atoms with Crippen LogP contribution in [-0.2, 0) is 0 Å². The Labute approximate surface area is 102 Å². The van der Waals surface area contributed by atoms with E-state index in [1.807, 2.05) is 12.1 Å². The standard InChI is InChI=1S/C14H19NO2/c1-10-7-11(2)9-15(8-10)13-5-3-12(4-6-13)14(16)17/h3-6,10-11H,7-9H2,1-2H3,(H,16,17)/t10-,11-/m0/s1. The molecule has 1 heterocycles. The van der Waals surface area contributed by atoms with Crippen LogP contribution in [0, 0.1) is 11.8 Å². The van der Waals surface area contributed by atoms with Gasteiger partial charge in [-0.3, -0.25) is 0 Å². The molecule has 1 N–H and O–H groups in total. The third-order valence-electron chi connectivity index (χ3n) is 3.35. The highest BCUT2D eigenvalue weighted by molar-refractivity contribution is 5.88. The maximum Gasteiger partial charge on any atom is 0.335 e. The fourth-order valence-corrected chi connectivity index (χ4v) is 2.69. The molecule has 1 aromatic carbocycles. The number of anilines is 1. The molecule has 3 nitrogen and oxygen atoms in total. The molecule has 1 aromatic rings. The normalized spacial score (nSPS) is 24.7. The lowest BCUT2D eigenvalue weighted by Crippen LogP contribution is -2.38. The summed E-state index contributed by atoms with van der Waals surface area (Å²) in [5.74, 6) is 0.549. The topological polar surface area (TPSA) is 40.5 Å². The molecule has 0 amide bonds. The zero-order valence-corrected chi connectivity index (χ0v) is 10.4. The van der Waals surface area contributed by atoms with Gasteiger partial charge in [-0.2, -0.15) is 0 Å². The summed E-state index contributed by atoms with van der Waals surface area (Å²) in [5.41, 5.74) is 1.49. The van der Waals surface area contributed by atoms with Crippen molar-refractivity contribution in [2.24, 2.45) is 11.8 Å². The van der Waals surface area contributed by atoms with Crippen molar-refractivity contribution in [3.63, 3.8) is 0 Å². The van der Waals surface area contributed by atoms with Crippen LogP contribution in [0.4, 0.5) is 5.69 Å². The van der Waals surface area contributed by atoms with Gasteiger partial charge in [-0.15, -0.1) is 0 Å². The van der Waals surface area contributed by atoms with Crippen LogP contribution in [0.1, 0.15) is 30.6 Å². The van der Waals surface area contributed by atoms with Crippen molar-refractivity contribution in [1.29, 1.82) is 0 Å². The summed E-state index contributed by atoms with van der Waals surface area (Å²) in [4.78, 5) is 13.1. The van der Waals surface area contributed by atoms with Crippen LogP contribution in [0.3, 0.4) is 0 Å². The van der Waals surface area contributed by atoms with E-state index in [2.05, 4.69) is 18.7 Å². The summed E-state index contributed by atoms with van der Waals surface area (Å²) in [6, 6.07) is 7.19. The van der Waals surface area contributed by atoms with Crippen molar-refractivity contribution >= 4 is 11.7 Å². The predicted octanol–water partition coefficient (Wildman–Crippen LogP) is 2.87. The summed E-state index contributed by atoms with van der Waals surface area (Å²) in [7, 11) is 0. The summed E-state index contributed by atoms with van der Waals surface area (Å²) in [6.07, 6.45) is 1.28. The van der Waals surface area contributed by atoms with E-state index in [0.29, 0.717) is 17.4 Å². The van der Waals surface area contributed by atoms with Gasteiger partial charge in [-0.1, -0.05) is 13.8 Å². The lowest BCUT2D eigenvalue weighted by Gasteiger charge is -2.36. The SMILES string of the molecule is C[C@H]1C[C@H](C)CN(c2ccc(C(=O)O)cc2)C1. The average molecular weight is 233 g/mol. The molecule has 2 rings (SSSR count). The number of hydrogen-bond acceptors (Lipinski definition) is 2. The van der Waals surface area contributed by atoms with E-state index in [4.69, 9.17) is 5.11 Å². The summed E-state index contributed by atoms with van der Waals surface area (Å²) in [5, 5.41) is 8.86. The lowest BCUT2D eigenvalue weighted by atomic mass is 9.91. The Morgan fingerprint density at radius 2 is 1.71 bits per heavy atom. The molecule has 17 heavy (non-hydrogen) atoms. The van der Waals surface area contributed by atoms with Crippen molar-refractivity contribution < 1.29 is 9.90 Å². The number of carbonyl (C=O) groups is 1.